The van der Waals surface area contributed by atoms with Crippen LogP contribution in [0.3, 0.4) is 0 Å². The van der Waals surface area contributed by atoms with Crippen LogP contribution in [0.25, 0.3) is 44.8 Å². The minimum absolute atomic E-state index is 0.455. The molecule has 0 fully saturated rings. The van der Waals surface area contributed by atoms with E-state index in [0.717, 1.165) is 64.2 Å². The van der Waals surface area contributed by atoms with Gasteiger partial charge in [0, 0.05) is 59.2 Å². The molecule has 0 amide bonds. The van der Waals surface area contributed by atoms with E-state index in [0.29, 0.717) is 58.8 Å². The molecule has 0 saturated carbocycles. The Morgan fingerprint density at radius 2 is 1.05 bits per heavy atom. The molecule has 0 aliphatic heterocycles. The van der Waals surface area contributed by atoms with Crippen LogP contribution in [0, 0.1) is 0 Å². The molecular formula is C52H54Br2N4O5S2. The number of hydrogen-bond donors (Lipinski definition) is 0. The number of rotatable bonds is 16. The maximum Gasteiger partial charge on any atom is 0.146 e. The number of methoxy groups -OCH3 is 4. The van der Waals surface area contributed by atoms with E-state index < -0.39 is 10.8 Å². The summed E-state index contributed by atoms with van der Waals surface area (Å²) in [4.78, 5) is 13.7. The van der Waals surface area contributed by atoms with E-state index in [-0.39, 0.29) is 0 Å². The zero-order valence-electron chi connectivity index (χ0n) is 37.9. The second-order valence-electron chi connectivity index (χ2n) is 15.9. The van der Waals surface area contributed by atoms with Crippen molar-refractivity contribution in [3.05, 3.63) is 141 Å². The predicted octanol–water partition coefficient (Wildman–Crippen LogP) is 13.8. The van der Waals surface area contributed by atoms with Crippen molar-refractivity contribution in [2.75, 3.05) is 41.7 Å². The first-order valence-corrected chi connectivity index (χ1v) is 25.0. The van der Waals surface area contributed by atoms with Gasteiger partial charge in [-0.15, -0.1) is 0 Å². The minimum Gasteiger partial charge on any atom is -0.494 e. The van der Waals surface area contributed by atoms with Gasteiger partial charge in [-0.2, -0.15) is 0 Å². The van der Waals surface area contributed by atoms with Crippen LogP contribution in [0.15, 0.2) is 150 Å². The lowest BCUT2D eigenvalue weighted by Crippen LogP contribution is -2.07. The van der Waals surface area contributed by atoms with E-state index in [1.165, 1.54) is 11.1 Å². The molecule has 0 N–H and O–H groups in total. The van der Waals surface area contributed by atoms with Crippen molar-refractivity contribution in [3.8, 4) is 34.3 Å². The molecule has 8 rings (SSSR count). The van der Waals surface area contributed by atoms with Gasteiger partial charge in [-0.1, -0.05) is 124 Å². The van der Waals surface area contributed by atoms with E-state index in [1.807, 2.05) is 54.6 Å². The Morgan fingerprint density at radius 1 is 0.600 bits per heavy atom. The Kier molecular flexibility index (Phi) is 16.4. The molecule has 338 valence electrons. The highest BCUT2D eigenvalue weighted by Crippen LogP contribution is 2.44. The topological polar surface area (TPSA) is 89.6 Å². The van der Waals surface area contributed by atoms with Crippen LogP contribution in [-0.2, 0) is 33.4 Å². The van der Waals surface area contributed by atoms with E-state index in [2.05, 4.69) is 135 Å². The highest BCUT2D eigenvalue weighted by Gasteiger charge is 2.25. The Labute approximate surface area is 405 Å². The van der Waals surface area contributed by atoms with Crippen molar-refractivity contribution in [2.24, 2.45) is 0 Å². The van der Waals surface area contributed by atoms with Gasteiger partial charge in [0.1, 0.15) is 45.2 Å². The first kappa shape index (κ1) is 48.2. The second kappa shape index (κ2) is 22.2. The molecular weight excluding hydrogens is 985 g/mol. The lowest BCUT2D eigenvalue weighted by Gasteiger charge is -2.13. The number of hydrogen-bond acceptors (Lipinski definition) is 8. The molecule has 9 nitrogen and oxygen atoms in total. The first-order chi connectivity index (χ1) is 31.5. The zero-order valence-corrected chi connectivity index (χ0v) is 42.7. The zero-order chi connectivity index (χ0) is 46.2. The summed E-state index contributed by atoms with van der Waals surface area (Å²) in [7, 11) is 5.36. The highest BCUT2D eigenvalue weighted by molar-refractivity contribution is 9.11. The van der Waals surface area contributed by atoms with Crippen LogP contribution >= 0.6 is 43.6 Å². The molecule has 0 bridgehead atoms. The molecule has 6 aromatic carbocycles. The third kappa shape index (κ3) is 10.6. The summed E-state index contributed by atoms with van der Waals surface area (Å²) >= 11 is 9.24. The van der Waals surface area contributed by atoms with Gasteiger partial charge in [0.05, 0.1) is 52.1 Å². The standard InChI is InChI=1S/C26H27BrN2O3S.C26H27BrN2O2S/c1-17(2)18-10-12-19(13-11-18)26-28-24-23(27)22(33(30)20-8-6-5-7-9-20)16-21(32-4)25(24)29(26)14-15-31-3;1-17(2)18-10-12-19(13-11-18)26-28-24-23(27)22(32-20-8-6-5-7-9-20)16-21(31-4)25(24)29(26)14-15-30-3/h5-13,16-17H,14-15H2,1-4H3;5-13,16-17H,14-15H2,1-4H3. The average molecular weight is 1040 g/mol. The molecule has 8 aromatic rings. The van der Waals surface area contributed by atoms with Gasteiger partial charge in [0.2, 0.25) is 0 Å². The smallest absolute Gasteiger partial charge is 0.146 e. The normalized spacial score (nSPS) is 11.9. The van der Waals surface area contributed by atoms with Gasteiger partial charge in [0.25, 0.3) is 0 Å². The van der Waals surface area contributed by atoms with Gasteiger partial charge < -0.3 is 28.1 Å². The van der Waals surface area contributed by atoms with Crippen molar-refractivity contribution in [2.45, 2.75) is 72.2 Å². The van der Waals surface area contributed by atoms with Gasteiger partial charge in [-0.25, -0.2) is 14.2 Å². The van der Waals surface area contributed by atoms with E-state index in [9.17, 15) is 4.21 Å². The fraction of sp³-hybridized carbons (Fsp3) is 0.269. The van der Waals surface area contributed by atoms with Crippen molar-refractivity contribution >= 4 is 76.5 Å². The monoisotopic (exact) mass is 1040 g/mol. The van der Waals surface area contributed by atoms with Crippen molar-refractivity contribution < 1.29 is 23.2 Å². The van der Waals surface area contributed by atoms with Crippen LogP contribution in [0.1, 0.15) is 50.7 Å². The number of fused-ring (bicyclic) bond motifs is 2. The SMILES string of the molecule is COCCn1c(-c2ccc(C(C)C)cc2)nc2c(Br)c(S(=O)c3ccccc3)cc(OC)c21.COCCn1c(-c2ccc(C(C)C)cc2)nc2c(Br)c(Sc3ccccc3)cc(OC)c21. The molecule has 0 spiro atoms. The number of benzene rings is 6. The summed E-state index contributed by atoms with van der Waals surface area (Å²) in [5.41, 5.74) is 8.09. The van der Waals surface area contributed by atoms with Crippen molar-refractivity contribution in [1.82, 2.24) is 19.1 Å². The molecule has 0 aliphatic carbocycles. The van der Waals surface area contributed by atoms with Crippen LogP contribution in [0.4, 0.5) is 0 Å². The molecule has 0 saturated heterocycles. The third-order valence-electron chi connectivity index (χ3n) is 11.1. The molecule has 0 radical (unpaired) electrons. The largest absolute Gasteiger partial charge is 0.494 e. The number of halogens is 2. The summed E-state index contributed by atoms with van der Waals surface area (Å²) in [5, 5.41) is 0. The summed E-state index contributed by atoms with van der Waals surface area (Å²) < 4.78 is 41.8. The molecule has 65 heavy (non-hydrogen) atoms. The van der Waals surface area contributed by atoms with E-state index >= 15 is 0 Å². The highest BCUT2D eigenvalue weighted by atomic mass is 79.9. The Balaban J connectivity index is 0.000000194. The average Bonchev–Trinajstić information content (AvgIpc) is 3.92. The summed E-state index contributed by atoms with van der Waals surface area (Å²) in [5.74, 6) is 4.10. The first-order valence-electron chi connectivity index (χ1n) is 21.4. The van der Waals surface area contributed by atoms with Crippen LogP contribution in [0.5, 0.6) is 11.5 Å². The third-order valence-corrected chi connectivity index (χ3v) is 15.7. The quantitative estimate of drug-likeness (QED) is 0.0945. The van der Waals surface area contributed by atoms with Gasteiger partial charge >= 0.3 is 0 Å². The number of aromatic nitrogens is 4. The fourth-order valence-electron chi connectivity index (χ4n) is 7.53. The minimum atomic E-state index is -1.38. The molecule has 1 unspecified atom stereocenters. The maximum absolute atomic E-state index is 13.4. The Morgan fingerprint density at radius 3 is 1.49 bits per heavy atom. The van der Waals surface area contributed by atoms with E-state index in [1.54, 1.807) is 40.2 Å². The van der Waals surface area contributed by atoms with Crippen molar-refractivity contribution in [1.29, 1.82) is 0 Å². The summed E-state index contributed by atoms with van der Waals surface area (Å²) in [6, 6.07) is 40.8. The molecule has 1 atom stereocenters. The van der Waals surface area contributed by atoms with Crippen molar-refractivity contribution in [3.63, 3.8) is 0 Å². The molecule has 2 aromatic heterocycles. The number of ether oxygens (including phenoxy) is 4. The van der Waals surface area contributed by atoms with Crippen LogP contribution in [-0.4, -0.2) is 65.0 Å². The molecule has 13 heteroatoms. The predicted molar refractivity (Wildman–Crippen MR) is 272 cm³/mol. The Hall–Kier alpha value is -4.76. The van der Waals surface area contributed by atoms with Crippen LogP contribution in [0.2, 0.25) is 0 Å². The second-order valence-corrected chi connectivity index (χ2v) is 20.0. The van der Waals surface area contributed by atoms with Gasteiger partial charge in [-0.3, -0.25) is 0 Å². The summed E-state index contributed by atoms with van der Waals surface area (Å²) in [6.45, 7) is 11.2. The van der Waals surface area contributed by atoms with Crippen LogP contribution < -0.4 is 9.47 Å². The van der Waals surface area contributed by atoms with Gasteiger partial charge in [-0.05, 0) is 85.2 Å². The Bertz CT molecular complexity index is 2890. The van der Waals surface area contributed by atoms with E-state index in [4.69, 9.17) is 28.9 Å². The molecule has 2 heterocycles. The lowest BCUT2D eigenvalue weighted by atomic mass is 10.0. The maximum atomic E-state index is 13.4. The summed E-state index contributed by atoms with van der Waals surface area (Å²) in [6.07, 6.45) is 0. The number of imidazole rings is 2. The molecule has 0 aliphatic rings. The number of nitrogens with zero attached hydrogens (tertiary/aromatic N) is 4. The lowest BCUT2D eigenvalue weighted by molar-refractivity contribution is 0.188. The fourth-order valence-corrected chi connectivity index (χ4v) is 11.0. The van der Waals surface area contributed by atoms with Gasteiger partial charge in [0.15, 0.2) is 0 Å².